The van der Waals surface area contributed by atoms with Gasteiger partial charge in [-0.2, -0.15) is 0 Å². The highest BCUT2D eigenvalue weighted by atomic mass is 19.1. The lowest BCUT2D eigenvalue weighted by Gasteiger charge is -2.15. The number of carbonyl (C=O) groups is 1. The molecule has 2 aromatic heterocycles. The monoisotopic (exact) mass is 432 g/mol. The Morgan fingerprint density at radius 2 is 1.94 bits per heavy atom. The lowest BCUT2D eigenvalue weighted by molar-refractivity contribution is 0.198. The number of carbonyl (C=O) groups excluding carboxylic acids is 1. The quantitative estimate of drug-likeness (QED) is 0.400. The number of ether oxygens (including phenoxy) is 2. The first-order valence-corrected chi connectivity index (χ1v) is 10.1. The molecule has 9 heteroatoms. The number of rotatable bonds is 9. The highest BCUT2D eigenvalue weighted by Gasteiger charge is 2.20. The minimum absolute atomic E-state index is 0.0310. The SMILES string of the molecule is CCC(CC)c1c[nH]c2nccc(Oc3c(F)cc(NC(=O)NCCOC)cc3F)c12. The van der Waals surface area contributed by atoms with Crippen LogP contribution in [0.4, 0.5) is 19.3 Å². The summed E-state index contributed by atoms with van der Waals surface area (Å²) in [5.41, 5.74) is 1.55. The molecule has 2 heterocycles. The fourth-order valence-corrected chi connectivity index (χ4v) is 3.47. The van der Waals surface area contributed by atoms with Crippen LogP contribution in [-0.4, -0.2) is 36.3 Å². The van der Waals surface area contributed by atoms with Crippen molar-refractivity contribution in [3.63, 3.8) is 0 Å². The number of nitrogens with zero attached hydrogens (tertiary/aromatic N) is 1. The topological polar surface area (TPSA) is 88.3 Å². The zero-order valence-electron chi connectivity index (χ0n) is 17.7. The van der Waals surface area contributed by atoms with E-state index in [-0.39, 0.29) is 18.2 Å². The molecule has 0 aliphatic rings. The maximum absolute atomic E-state index is 14.7. The number of halogens is 2. The Bertz CT molecular complexity index is 1030. The van der Waals surface area contributed by atoms with Crippen LogP contribution in [0.1, 0.15) is 38.2 Å². The smallest absolute Gasteiger partial charge is 0.319 e. The Labute approximate surface area is 179 Å². The lowest BCUT2D eigenvalue weighted by Crippen LogP contribution is -2.31. The number of urea groups is 1. The van der Waals surface area contributed by atoms with Crippen molar-refractivity contribution < 1.29 is 23.0 Å². The van der Waals surface area contributed by atoms with E-state index >= 15 is 0 Å². The van der Waals surface area contributed by atoms with Crippen LogP contribution < -0.4 is 15.4 Å². The summed E-state index contributed by atoms with van der Waals surface area (Å²) in [6.45, 7) is 4.75. The fourth-order valence-electron chi connectivity index (χ4n) is 3.47. The summed E-state index contributed by atoms with van der Waals surface area (Å²) < 4.78 is 39.9. The van der Waals surface area contributed by atoms with Gasteiger partial charge in [0.05, 0.1) is 12.0 Å². The Morgan fingerprint density at radius 1 is 1.23 bits per heavy atom. The number of nitrogens with one attached hydrogen (secondary N) is 3. The molecule has 0 saturated carbocycles. The highest BCUT2D eigenvalue weighted by molar-refractivity contribution is 5.89. The number of methoxy groups -OCH3 is 1. The molecule has 0 saturated heterocycles. The Kier molecular flexibility index (Phi) is 7.41. The number of hydrogen-bond donors (Lipinski definition) is 3. The van der Waals surface area contributed by atoms with Crippen molar-refractivity contribution in [2.75, 3.05) is 25.6 Å². The molecule has 0 spiro atoms. The summed E-state index contributed by atoms with van der Waals surface area (Å²) >= 11 is 0. The van der Waals surface area contributed by atoms with Gasteiger partial charge in [-0.25, -0.2) is 18.6 Å². The molecule has 0 unspecified atom stereocenters. The summed E-state index contributed by atoms with van der Waals surface area (Å²) in [5, 5.41) is 5.59. The van der Waals surface area contributed by atoms with E-state index in [0.717, 1.165) is 30.5 Å². The average molecular weight is 432 g/mol. The summed E-state index contributed by atoms with van der Waals surface area (Å²) in [4.78, 5) is 19.2. The van der Waals surface area contributed by atoms with Crippen molar-refractivity contribution >= 4 is 22.8 Å². The lowest BCUT2D eigenvalue weighted by atomic mass is 9.94. The molecular formula is C22H26F2N4O3. The molecule has 0 atom stereocenters. The maximum Gasteiger partial charge on any atom is 0.319 e. The molecule has 0 fully saturated rings. The van der Waals surface area contributed by atoms with Crippen molar-refractivity contribution in [1.29, 1.82) is 0 Å². The third kappa shape index (κ3) is 5.11. The summed E-state index contributed by atoms with van der Waals surface area (Å²) in [7, 11) is 1.50. The molecule has 2 amide bonds. The van der Waals surface area contributed by atoms with E-state index in [0.29, 0.717) is 23.4 Å². The predicted octanol–water partition coefficient (Wildman–Crippen LogP) is 5.30. The Balaban J connectivity index is 1.87. The number of anilines is 1. The van der Waals surface area contributed by atoms with E-state index < -0.39 is 23.4 Å². The summed E-state index contributed by atoms with van der Waals surface area (Å²) in [6.07, 6.45) is 5.20. The van der Waals surface area contributed by atoms with Gasteiger partial charge in [0.15, 0.2) is 17.4 Å². The molecule has 7 nitrogen and oxygen atoms in total. The van der Waals surface area contributed by atoms with E-state index in [9.17, 15) is 13.6 Å². The van der Waals surface area contributed by atoms with Crippen molar-refractivity contribution in [2.24, 2.45) is 0 Å². The van der Waals surface area contributed by atoms with Gasteiger partial charge in [-0.1, -0.05) is 13.8 Å². The Hall–Kier alpha value is -3.20. The van der Waals surface area contributed by atoms with Crippen LogP contribution in [0.5, 0.6) is 11.5 Å². The van der Waals surface area contributed by atoms with Gasteiger partial charge >= 0.3 is 6.03 Å². The Morgan fingerprint density at radius 3 is 2.58 bits per heavy atom. The number of aromatic nitrogens is 2. The third-order valence-electron chi connectivity index (χ3n) is 5.05. The number of H-pyrrole nitrogens is 1. The molecule has 0 aliphatic heterocycles. The average Bonchev–Trinajstić information content (AvgIpc) is 3.17. The molecule has 3 rings (SSSR count). The van der Waals surface area contributed by atoms with Crippen LogP contribution in [0.3, 0.4) is 0 Å². The highest BCUT2D eigenvalue weighted by Crippen LogP contribution is 2.38. The van der Waals surface area contributed by atoms with Gasteiger partial charge in [0.2, 0.25) is 0 Å². The van der Waals surface area contributed by atoms with Crippen LogP contribution in [0, 0.1) is 11.6 Å². The molecule has 166 valence electrons. The van der Waals surface area contributed by atoms with E-state index in [4.69, 9.17) is 9.47 Å². The molecule has 3 aromatic rings. The molecule has 0 radical (unpaired) electrons. The number of benzene rings is 1. The first kappa shape index (κ1) is 22.5. The van der Waals surface area contributed by atoms with E-state index in [1.165, 1.54) is 13.3 Å². The number of aromatic amines is 1. The van der Waals surface area contributed by atoms with E-state index in [1.54, 1.807) is 6.07 Å². The van der Waals surface area contributed by atoms with Gasteiger partial charge in [0.1, 0.15) is 11.4 Å². The molecule has 31 heavy (non-hydrogen) atoms. The van der Waals surface area contributed by atoms with Crippen LogP contribution in [0.2, 0.25) is 0 Å². The van der Waals surface area contributed by atoms with Crippen LogP contribution in [0.15, 0.2) is 30.6 Å². The van der Waals surface area contributed by atoms with Crippen LogP contribution in [-0.2, 0) is 4.74 Å². The van der Waals surface area contributed by atoms with E-state index in [2.05, 4.69) is 34.4 Å². The van der Waals surface area contributed by atoms with Crippen molar-refractivity contribution in [3.05, 3.63) is 47.8 Å². The van der Waals surface area contributed by atoms with Gasteiger partial charge in [-0.3, -0.25) is 0 Å². The minimum atomic E-state index is -0.934. The first-order valence-electron chi connectivity index (χ1n) is 10.1. The second-order valence-corrected chi connectivity index (χ2v) is 7.03. The van der Waals surface area contributed by atoms with Gasteiger partial charge < -0.3 is 25.1 Å². The second kappa shape index (κ2) is 10.2. The molecule has 1 aromatic carbocycles. The van der Waals surface area contributed by atoms with Gasteiger partial charge in [0, 0.05) is 43.9 Å². The number of amides is 2. The normalized spacial score (nSPS) is 11.2. The predicted molar refractivity (Wildman–Crippen MR) is 115 cm³/mol. The molecular weight excluding hydrogens is 406 g/mol. The van der Waals surface area contributed by atoms with Crippen molar-refractivity contribution in [3.8, 4) is 11.5 Å². The number of hydrogen-bond acceptors (Lipinski definition) is 4. The largest absolute Gasteiger partial charge is 0.450 e. The fraction of sp³-hybridized carbons (Fsp3) is 0.364. The van der Waals surface area contributed by atoms with Gasteiger partial charge in [0.25, 0.3) is 0 Å². The summed E-state index contributed by atoms with van der Waals surface area (Å²) in [6, 6.07) is 3.00. The van der Waals surface area contributed by atoms with Crippen molar-refractivity contribution in [2.45, 2.75) is 32.6 Å². The van der Waals surface area contributed by atoms with Crippen LogP contribution >= 0.6 is 0 Å². The van der Waals surface area contributed by atoms with Crippen molar-refractivity contribution in [1.82, 2.24) is 15.3 Å². The van der Waals surface area contributed by atoms with Gasteiger partial charge in [-0.15, -0.1) is 0 Å². The third-order valence-corrected chi connectivity index (χ3v) is 5.05. The van der Waals surface area contributed by atoms with E-state index in [1.807, 2.05) is 6.20 Å². The molecule has 0 bridgehead atoms. The molecule has 3 N–H and O–H groups in total. The maximum atomic E-state index is 14.7. The minimum Gasteiger partial charge on any atom is -0.450 e. The first-order chi connectivity index (χ1) is 15.0. The molecule has 0 aliphatic carbocycles. The van der Waals surface area contributed by atoms with Gasteiger partial charge in [-0.05, 0) is 30.4 Å². The standard InChI is InChI=1S/C22H26F2N4O3/c1-4-13(5-2)15-12-27-21-19(15)18(6-7-25-21)31-20-16(23)10-14(11-17(20)24)28-22(29)26-8-9-30-3/h6-7,10-13H,4-5,8-9H2,1-3H3,(H,25,27)(H2,26,28,29). The second-order valence-electron chi connectivity index (χ2n) is 7.03. The van der Waals surface area contributed by atoms with Crippen LogP contribution in [0.25, 0.3) is 11.0 Å². The number of pyridine rings is 1. The zero-order valence-corrected chi connectivity index (χ0v) is 17.7. The zero-order chi connectivity index (χ0) is 22.4. The number of fused-ring (bicyclic) bond motifs is 1. The summed E-state index contributed by atoms with van der Waals surface area (Å²) in [5.74, 6) is -1.84.